The Labute approximate surface area is 119 Å². The lowest BCUT2D eigenvalue weighted by Crippen LogP contribution is -2.21. The first kappa shape index (κ1) is 16.0. The molecule has 0 aliphatic heterocycles. The summed E-state index contributed by atoms with van der Waals surface area (Å²) in [5, 5.41) is 3.63. The fourth-order valence-corrected chi connectivity index (χ4v) is 2.64. The third kappa shape index (κ3) is 5.61. The maximum atomic E-state index is 3.78. The van der Waals surface area contributed by atoms with Gasteiger partial charge in [0.1, 0.15) is 0 Å². The van der Waals surface area contributed by atoms with Gasteiger partial charge in [-0.25, -0.2) is 0 Å². The number of aryl methyl sites for hydroxylation is 2. The largest absolute Gasteiger partial charge is 0.310 e. The van der Waals surface area contributed by atoms with Crippen LogP contribution >= 0.6 is 0 Å². The number of rotatable bonds is 9. The van der Waals surface area contributed by atoms with Gasteiger partial charge < -0.3 is 5.32 Å². The van der Waals surface area contributed by atoms with Gasteiger partial charge in [-0.15, -0.1) is 6.58 Å². The second-order valence-corrected chi connectivity index (χ2v) is 5.40. The fourth-order valence-electron chi connectivity index (χ4n) is 2.64. The smallest absolute Gasteiger partial charge is 0.0322 e. The van der Waals surface area contributed by atoms with Crippen molar-refractivity contribution in [1.82, 2.24) is 5.32 Å². The number of nitrogens with one attached hydrogen (secondary N) is 1. The summed E-state index contributed by atoms with van der Waals surface area (Å²) in [6, 6.07) is 7.32. The van der Waals surface area contributed by atoms with Gasteiger partial charge in [0, 0.05) is 6.04 Å². The topological polar surface area (TPSA) is 12.0 Å². The summed E-state index contributed by atoms with van der Waals surface area (Å²) in [6.07, 6.45) is 8.27. The minimum absolute atomic E-state index is 0.509. The standard InChI is InChI=1S/C18H29N/c1-5-7-8-9-10-11-18(19-6-2)17-13-12-15(3)14-16(17)4/h5,12-14,18-19H,1,6-11H2,2-4H3. The number of unbranched alkanes of at least 4 members (excludes halogenated alkanes) is 3. The number of allylic oxidation sites excluding steroid dienone is 1. The normalized spacial score (nSPS) is 12.4. The maximum Gasteiger partial charge on any atom is 0.0322 e. The lowest BCUT2D eigenvalue weighted by molar-refractivity contribution is 0.482. The predicted molar refractivity (Wildman–Crippen MR) is 85.6 cm³/mol. The molecule has 0 saturated carbocycles. The summed E-state index contributed by atoms with van der Waals surface area (Å²) in [6.45, 7) is 11.4. The molecule has 1 N–H and O–H groups in total. The van der Waals surface area contributed by atoms with Crippen LogP contribution in [0.15, 0.2) is 30.9 Å². The van der Waals surface area contributed by atoms with E-state index in [1.807, 2.05) is 6.08 Å². The van der Waals surface area contributed by atoms with Crippen LogP contribution in [0.5, 0.6) is 0 Å². The van der Waals surface area contributed by atoms with Crippen LogP contribution in [0.3, 0.4) is 0 Å². The predicted octanol–water partition coefficient (Wildman–Crippen LogP) is 5.09. The highest BCUT2D eigenvalue weighted by Crippen LogP contribution is 2.24. The summed E-state index contributed by atoms with van der Waals surface area (Å²) >= 11 is 0. The van der Waals surface area contributed by atoms with E-state index in [4.69, 9.17) is 0 Å². The van der Waals surface area contributed by atoms with E-state index < -0.39 is 0 Å². The second-order valence-electron chi connectivity index (χ2n) is 5.40. The molecule has 0 spiro atoms. The highest BCUT2D eigenvalue weighted by atomic mass is 14.9. The van der Waals surface area contributed by atoms with E-state index in [-0.39, 0.29) is 0 Å². The SMILES string of the molecule is C=CCCCCCC(NCC)c1ccc(C)cc1C. The van der Waals surface area contributed by atoms with Gasteiger partial charge in [-0.2, -0.15) is 0 Å². The van der Waals surface area contributed by atoms with E-state index >= 15 is 0 Å². The molecule has 106 valence electrons. The molecule has 1 unspecified atom stereocenters. The molecule has 1 atom stereocenters. The van der Waals surface area contributed by atoms with E-state index in [1.54, 1.807) is 0 Å². The molecule has 1 aromatic rings. The first-order valence-electron chi connectivity index (χ1n) is 7.60. The molecule has 0 amide bonds. The molecule has 0 aliphatic carbocycles. The Balaban J connectivity index is 2.58. The van der Waals surface area contributed by atoms with Crippen LogP contribution in [0.1, 0.15) is 61.8 Å². The molecule has 0 aromatic heterocycles. The lowest BCUT2D eigenvalue weighted by atomic mass is 9.95. The molecular formula is C18H29N. The van der Waals surface area contributed by atoms with Crippen LogP contribution in [-0.2, 0) is 0 Å². The van der Waals surface area contributed by atoms with E-state index in [9.17, 15) is 0 Å². The van der Waals surface area contributed by atoms with E-state index in [0.717, 1.165) is 13.0 Å². The molecule has 0 heterocycles. The summed E-state index contributed by atoms with van der Waals surface area (Å²) in [5.74, 6) is 0. The molecule has 0 fully saturated rings. The summed E-state index contributed by atoms with van der Waals surface area (Å²) in [5.41, 5.74) is 4.23. The van der Waals surface area contributed by atoms with Crippen LogP contribution in [0.4, 0.5) is 0 Å². The van der Waals surface area contributed by atoms with Crippen molar-refractivity contribution in [3.63, 3.8) is 0 Å². The average molecular weight is 259 g/mol. The van der Waals surface area contributed by atoms with Gasteiger partial charge >= 0.3 is 0 Å². The third-order valence-corrected chi connectivity index (χ3v) is 3.65. The summed E-state index contributed by atoms with van der Waals surface area (Å²) in [4.78, 5) is 0. The van der Waals surface area contributed by atoms with Gasteiger partial charge in [0.15, 0.2) is 0 Å². The monoisotopic (exact) mass is 259 g/mol. The van der Waals surface area contributed by atoms with Crippen LogP contribution in [0, 0.1) is 13.8 Å². The summed E-state index contributed by atoms with van der Waals surface area (Å²) in [7, 11) is 0. The Bertz CT molecular complexity index is 381. The van der Waals surface area contributed by atoms with Gasteiger partial charge in [-0.05, 0) is 50.8 Å². The van der Waals surface area contributed by atoms with Gasteiger partial charge in [-0.3, -0.25) is 0 Å². The quantitative estimate of drug-likeness (QED) is 0.481. The van der Waals surface area contributed by atoms with Crippen molar-refractivity contribution >= 4 is 0 Å². The molecule has 0 saturated heterocycles. The molecular weight excluding hydrogens is 230 g/mol. The van der Waals surface area contributed by atoms with Crippen LogP contribution < -0.4 is 5.32 Å². The van der Waals surface area contributed by atoms with Crippen molar-refractivity contribution in [3.8, 4) is 0 Å². The number of hydrogen-bond donors (Lipinski definition) is 1. The van der Waals surface area contributed by atoms with Gasteiger partial charge in [0.05, 0.1) is 0 Å². The number of hydrogen-bond acceptors (Lipinski definition) is 1. The van der Waals surface area contributed by atoms with E-state index in [0.29, 0.717) is 6.04 Å². The minimum atomic E-state index is 0.509. The Morgan fingerprint density at radius 1 is 1.21 bits per heavy atom. The van der Waals surface area contributed by atoms with Crippen molar-refractivity contribution in [3.05, 3.63) is 47.5 Å². The molecule has 1 rings (SSSR count). The summed E-state index contributed by atoms with van der Waals surface area (Å²) < 4.78 is 0. The Hall–Kier alpha value is -1.08. The van der Waals surface area contributed by atoms with Crippen molar-refractivity contribution < 1.29 is 0 Å². The highest BCUT2D eigenvalue weighted by Gasteiger charge is 2.12. The fraction of sp³-hybridized carbons (Fsp3) is 0.556. The first-order chi connectivity index (χ1) is 9.19. The minimum Gasteiger partial charge on any atom is -0.310 e. The Kier molecular flexibility index (Phi) is 7.50. The molecule has 0 bridgehead atoms. The van der Waals surface area contributed by atoms with E-state index in [2.05, 4.69) is 50.9 Å². The number of benzene rings is 1. The third-order valence-electron chi connectivity index (χ3n) is 3.65. The van der Waals surface area contributed by atoms with Gasteiger partial charge in [-0.1, -0.05) is 49.6 Å². The van der Waals surface area contributed by atoms with Crippen LogP contribution in [0.2, 0.25) is 0 Å². The molecule has 1 nitrogen and oxygen atoms in total. The van der Waals surface area contributed by atoms with Crippen LogP contribution in [0.25, 0.3) is 0 Å². The Morgan fingerprint density at radius 3 is 2.63 bits per heavy atom. The van der Waals surface area contributed by atoms with Gasteiger partial charge in [0.25, 0.3) is 0 Å². The zero-order chi connectivity index (χ0) is 14.1. The zero-order valence-corrected chi connectivity index (χ0v) is 12.8. The van der Waals surface area contributed by atoms with Crippen molar-refractivity contribution in [2.24, 2.45) is 0 Å². The Morgan fingerprint density at radius 2 is 2.00 bits per heavy atom. The molecule has 1 aromatic carbocycles. The van der Waals surface area contributed by atoms with Crippen molar-refractivity contribution in [2.75, 3.05) is 6.54 Å². The van der Waals surface area contributed by atoms with Crippen LogP contribution in [-0.4, -0.2) is 6.54 Å². The van der Waals surface area contributed by atoms with Gasteiger partial charge in [0.2, 0.25) is 0 Å². The molecule has 19 heavy (non-hydrogen) atoms. The maximum absolute atomic E-state index is 3.78. The average Bonchev–Trinajstić information content (AvgIpc) is 2.38. The van der Waals surface area contributed by atoms with E-state index in [1.165, 1.54) is 42.4 Å². The second kappa shape index (κ2) is 8.92. The molecule has 1 heteroatoms. The first-order valence-corrected chi connectivity index (χ1v) is 7.60. The molecule has 0 radical (unpaired) electrons. The lowest BCUT2D eigenvalue weighted by Gasteiger charge is -2.20. The van der Waals surface area contributed by atoms with Crippen molar-refractivity contribution in [2.45, 2.75) is 58.9 Å². The highest BCUT2D eigenvalue weighted by molar-refractivity contribution is 5.32. The van der Waals surface area contributed by atoms with Crippen molar-refractivity contribution in [1.29, 1.82) is 0 Å². The molecule has 0 aliphatic rings. The zero-order valence-electron chi connectivity index (χ0n) is 12.8.